The van der Waals surface area contributed by atoms with E-state index in [1.165, 1.54) is 18.6 Å². The van der Waals surface area contributed by atoms with Crippen LogP contribution in [0.4, 0.5) is 4.39 Å². The summed E-state index contributed by atoms with van der Waals surface area (Å²) in [5.74, 6) is 0.379. The number of carbonyl (C=O) groups is 3. The minimum Gasteiger partial charge on any atom is -0.351 e. The highest BCUT2D eigenvalue weighted by Crippen LogP contribution is 2.46. The predicted octanol–water partition coefficient (Wildman–Crippen LogP) is 5.47. The Hall–Kier alpha value is -2.48. The number of fused-ring (bicyclic) bond motifs is 3. The number of rotatable bonds is 8. The van der Waals surface area contributed by atoms with Gasteiger partial charge < -0.3 is 15.5 Å². The Morgan fingerprint density at radius 1 is 0.977 bits per heavy atom. The highest BCUT2D eigenvalue weighted by molar-refractivity contribution is 5.90. The van der Waals surface area contributed by atoms with Gasteiger partial charge in [-0.1, -0.05) is 31.4 Å². The van der Waals surface area contributed by atoms with Crippen LogP contribution in [0.3, 0.4) is 0 Å². The fourth-order valence-electron chi connectivity index (χ4n) is 8.74. The standard InChI is InChI=1S/C36H55FN4O3/c1-24(2)41-23-26-13-16-31(41)29(21-26)32(42)38-30(22-25-11-14-28(37)15-12-25)33(43)40-19-17-36(18-20-40,27-9-7-6-8-10-27)34(44)39-35(3,4)5/h11-12,14-15,24,26-27,29-31H,6-10,13,16-23H2,1-5H3,(H,38,42)(H,39,44)/t26-,29-,30+,31+/m0/s1. The highest BCUT2D eigenvalue weighted by Gasteiger charge is 2.50. The van der Waals surface area contributed by atoms with Gasteiger partial charge in [-0.15, -0.1) is 0 Å². The van der Waals surface area contributed by atoms with Crippen LogP contribution in [-0.2, 0) is 20.8 Å². The van der Waals surface area contributed by atoms with Gasteiger partial charge in [-0.25, -0.2) is 4.39 Å². The van der Waals surface area contributed by atoms with Gasteiger partial charge >= 0.3 is 0 Å². The Labute approximate surface area is 264 Å². The lowest BCUT2D eigenvalue weighted by atomic mass is 9.63. The summed E-state index contributed by atoms with van der Waals surface area (Å²) in [7, 11) is 0. The van der Waals surface area contributed by atoms with Crippen LogP contribution < -0.4 is 10.6 Å². The molecule has 244 valence electrons. The number of hydrogen-bond donors (Lipinski definition) is 2. The van der Waals surface area contributed by atoms with Crippen molar-refractivity contribution in [1.29, 1.82) is 0 Å². The lowest BCUT2D eigenvalue weighted by Crippen LogP contribution is -2.61. The van der Waals surface area contributed by atoms with Gasteiger partial charge in [0.05, 0.1) is 11.3 Å². The predicted molar refractivity (Wildman–Crippen MR) is 171 cm³/mol. The molecule has 0 spiro atoms. The van der Waals surface area contributed by atoms with E-state index in [1.807, 2.05) is 25.7 Å². The van der Waals surface area contributed by atoms with Gasteiger partial charge in [0.15, 0.2) is 0 Å². The van der Waals surface area contributed by atoms with Crippen molar-refractivity contribution in [3.63, 3.8) is 0 Å². The Morgan fingerprint density at radius 2 is 1.64 bits per heavy atom. The van der Waals surface area contributed by atoms with E-state index in [2.05, 4.69) is 29.4 Å². The molecule has 44 heavy (non-hydrogen) atoms. The molecule has 3 amide bonds. The van der Waals surface area contributed by atoms with Gasteiger partial charge in [0.1, 0.15) is 11.9 Å². The largest absolute Gasteiger partial charge is 0.351 e. The molecule has 7 nitrogen and oxygen atoms in total. The Kier molecular flexibility index (Phi) is 10.1. The summed E-state index contributed by atoms with van der Waals surface area (Å²) in [6, 6.07) is 6.07. The zero-order chi connectivity index (χ0) is 31.6. The molecule has 8 heteroatoms. The van der Waals surface area contributed by atoms with Crippen molar-refractivity contribution in [2.24, 2.45) is 23.2 Å². The maximum atomic E-state index is 14.2. The Balaban J connectivity index is 1.33. The van der Waals surface area contributed by atoms with Crippen LogP contribution in [0.1, 0.15) is 104 Å². The number of likely N-dealkylation sites (tertiary alicyclic amines) is 1. The molecule has 0 aromatic heterocycles. The normalized spacial score (nSPS) is 26.8. The molecule has 5 aliphatic rings. The number of halogens is 1. The van der Waals surface area contributed by atoms with Crippen molar-refractivity contribution in [3.8, 4) is 0 Å². The van der Waals surface area contributed by atoms with Crippen molar-refractivity contribution in [3.05, 3.63) is 35.6 Å². The molecule has 6 rings (SSSR count). The fraction of sp³-hybridized carbons (Fsp3) is 0.750. The van der Waals surface area contributed by atoms with Crippen molar-refractivity contribution < 1.29 is 18.8 Å². The summed E-state index contributed by atoms with van der Waals surface area (Å²) in [6.07, 6.45) is 10.3. The molecular weight excluding hydrogens is 555 g/mol. The van der Waals surface area contributed by atoms with Crippen LogP contribution in [0.2, 0.25) is 0 Å². The zero-order valence-electron chi connectivity index (χ0n) is 27.7. The number of carbonyl (C=O) groups excluding carboxylic acids is 3. The first kappa shape index (κ1) is 32.9. The third-order valence-electron chi connectivity index (χ3n) is 11.1. The maximum Gasteiger partial charge on any atom is 0.245 e. The number of benzene rings is 1. The van der Waals surface area contributed by atoms with Gasteiger partial charge in [0.2, 0.25) is 17.7 Å². The lowest BCUT2D eigenvalue weighted by Gasteiger charge is -2.51. The third kappa shape index (κ3) is 7.32. The van der Waals surface area contributed by atoms with Crippen LogP contribution in [0.15, 0.2) is 24.3 Å². The first-order valence-electron chi connectivity index (χ1n) is 17.3. The van der Waals surface area contributed by atoms with Gasteiger partial charge in [-0.3, -0.25) is 19.3 Å². The number of hydrogen-bond acceptors (Lipinski definition) is 4. The molecule has 2 bridgehead atoms. The van der Waals surface area contributed by atoms with Crippen molar-refractivity contribution in [2.45, 2.75) is 129 Å². The number of piperidine rings is 3. The molecule has 2 N–H and O–H groups in total. The van der Waals surface area contributed by atoms with Crippen LogP contribution in [-0.4, -0.2) is 70.8 Å². The van der Waals surface area contributed by atoms with E-state index < -0.39 is 11.5 Å². The van der Waals surface area contributed by atoms with Crippen molar-refractivity contribution in [1.82, 2.24) is 20.4 Å². The topological polar surface area (TPSA) is 81.8 Å². The minimum absolute atomic E-state index is 0.0383. The first-order chi connectivity index (χ1) is 20.9. The third-order valence-corrected chi connectivity index (χ3v) is 11.1. The smallest absolute Gasteiger partial charge is 0.245 e. The summed E-state index contributed by atoms with van der Waals surface area (Å²) in [5, 5.41) is 6.48. The summed E-state index contributed by atoms with van der Waals surface area (Å²) < 4.78 is 13.7. The molecule has 5 fully saturated rings. The first-order valence-corrected chi connectivity index (χ1v) is 17.3. The summed E-state index contributed by atoms with van der Waals surface area (Å²) in [5.41, 5.74) is 0.0269. The van der Waals surface area contributed by atoms with Crippen LogP contribution >= 0.6 is 0 Å². The fourth-order valence-corrected chi connectivity index (χ4v) is 8.74. The van der Waals surface area contributed by atoms with Crippen molar-refractivity contribution in [2.75, 3.05) is 19.6 Å². The SMILES string of the molecule is CC(C)N1C[C@H]2CC[C@@H]1[C@@H](C(=O)N[C@H](Cc1ccc(F)cc1)C(=O)N1CCC(C(=O)NC(C)(C)C)(C3CCCCC3)CC1)C2. The van der Waals surface area contributed by atoms with E-state index in [4.69, 9.17) is 0 Å². The quantitative estimate of drug-likeness (QED) is 0.409. The summed E-state index contributed by atoms with van der Waals surface area (Å²) in [6.45, 7) is 12.5. The molecule has 1 aromatic rings. The summed E-state index contributed by atoms with van der Waals surface area (Å²) in [4.78, 5) is 46.3. The molecule has 3 aliphatic heterocycles. The van der Waals surface area contributed by atoms with Gasteiger partial charge in [-0.2, -0.15) is 0 Å². The van der Waals surface area contributed by atoms with Crippen molar-refractivity contribution >= 4 is 17.7 Å². The van der Waals surface area contributed by atoms with E-state index >= 15 is 0 Å². The van der Waals surface area contributed by atoms with E-state index in [0.29, 0.717) is 50.2 Å². The van der Waals surface area contributed by atoms with E-state index in [1.54, 1.807) is 12.1 Å². The monoisotopic (exact) mass is 610 g/mol. The molecule has 4 atom stereocenters. The minimum atomic E-state index is -0.730. The van der Waals surface area contributed by atoms with Crippen LogP contribution in [0, 0.1) is 29.0 Å². The van der Waals surface area contributed by atoms with E-state index in [9.17, 15) is 18.8 Å². The Bertz CT molecular complexity index is 1160. The average molecular weight is 611 g/mol. The molecule has 0 radical (unpaired) electrons. The molecule has 1 aromatic carbocycles. The highest BCUT2D eigenvalue weighted by atomic mass is 19.1. The lowest BCUT2D eigenvalue weighted by molar-refractivity contribution is -0.148. The van der Waals surface area contributed by atoms with Gasteiger partial charge in [-0.05, 0) is 109 Å². The number of amides is 3. The number of nitrogens with zero attached hydrogens (tertiary/aromatic N) is 2. The molecular formula is C36H55FN4O3. The number of nitrogens with one attached hydrogen (secondary N) is 2. The molecule has 0 unspecified atom stereocenters. The molecule has 2 saturated carbocycles. The zero-order valence-corrected chi connectivity index (χ0v) is 27.7. The summed E-state index contributed by atoms with van der Waals surface area (Å²) >= 11 is 0. The molecule has 3 saturated heterocycles. The van der Waals surface area contributed by atoms with Gasteiger partial charge in [0, 0.05) is 43.7 Å². The Morgan fingerprint density at radius 3 is 2.23 bits per heavy atom. The van der Waals surface area contributed by atoms with Crippen LogP contribution in [0.5, 0.6) is 0 Å². The molecule has 2 aliphatic carbocycles. The second-order valence-electron chi connectivity index (χ2n) is 15.6. The molecule has 3 heterocycles. The second-order valence-corrected chi connectivity index (χ2v) is 15.6. The average Bonchev–Trinajstić information content (AvgIpc) is 3.01. The second kappa shape index (κ2) is 13.5. The van der Waals surface area contributed by atoms with Crippen LogP contribution in [0.25, 0.3) is 0 Å². The van der Waals surface area contributed by atoms with E-state index in [0.717, 1.165) is 57.1 Å². The van der Waals surface area contributed by atoms with E-state index in [-0.39, 0.29) is 41.0 Å². The maximum absolute atomic E-state index is 14.2. The van der Waals surface area contributed by atoms with Gasteiger partial charge in [0.25, 0.3) is 0 Å².